The molecule has 1 atom stereocenters. The normalized spacial score (nSPS) is 12.4. The zero-order valence-corrected chi connectivity index (χ0v) is 10.6. The number of ether oxygens (including phenoxy) is 1. The second-order valence-electron chi connectivity index (χ2n) is 4.05. The summed E-state index contributed by atoms with van der Waals surface area (Å²) in [5.41, 5.74) is 1.32. The SMILES string of the molecule is CCCOc1cccc(C(CCC)NC)c1. The largest absolute Gasteiger partial charge is 0.494 e. The first-order valence-corrected chi connectivity index (χ1v) is 6.21. The van der Waals surface area contributed by atoms with Crippen molar-refractivity contribution in [2.75, 3.05) is 13.7 Å². The van der Waals surface area contributed by atoms with Gasteiger partial charge < -0.3 is 10.1 Å². The van der Waals surface area contributed by atoms with E-state index in [-0.39, 0.29) is 0 Å². The Kier molecular flexibility index (Phi) is 5.94. The van der Waals surface area contributed by atoms with E-state index in [1.165, 1.54) is 12.0 Å². The van der Waals surface area contributed by atoms with Gasteiger partial charge >= 0.3 is 0 Å². The molecule has 0 saturated heterocycles. The minimum Gasteiger partial charge on any atom is -0.494 e. The van der Waals surface area contributed by atoms with Crippen LogP contribution in [0.1, 0.15) is 44.7 Å². The molecule has 1 N–H and O–H groups in total. The molecule has 0 radical (unpaired) electrons. The molecule has 2 heteroatoms. The lowest BCUT2D eigenvalue weighted by Crippen LogP contribution is -2.16. The first-order valence-electron chi connectivity index (χ1n) is 6.21. The third kappa shape index (κ3) is 3.86. The van der Waals surface area contributed by atoms with E-state index in [4.69, 9.17) is 4.74 Å². The summed E-state index contributed by atoms with van der Waals surface area (Å²) in [6, 6.07) is 8.84. The predicted octanol–water partition coefficient (Wildman–Crippen LogP) is 3.54. The summed E-state index contributed by atoms with van der Waals surface area (Å²) in [6.07, 6.45) is 3.40. The van der Waals surface area contributed by atoms with Gasteiger partial charge in [-0.1, -0.05) is 32.4 Å². The molecule has 0 aliphatic heterocycles. The number of hydrogen-bond acceptors (Lipinski definition) is 2. The minimum atomic E-state index is 0.440. The van der Waals surface area contributed by atoms with Gasteiger partial charge in [-0.15, -0.1) is 0 Å². The van der Waals surface area contributed by atoms with Gasteiger partial charge in [-0.05, 0) is 37.6 Å². The Labute approximate surface area is 99.0 Å². The maximum atomic E-state index is 5.64. The molecular weight excluding hydrogens is 198 g/mol. The van der Waals surface area contributed by atoms with Gasteiger partial charge in [-0.3, -0.25) is 0 Å². The molecule has 0 aromatic heterocycles. The highest BCUT2D eigenvalue weighted by Gasteiger charge is 2.08. The summed E-state index contributed by atoms with van der Waals surface area (Å²) in [5.74, 6) is 0.982. The van der Waals surface area contributed by atoms with Crippen LogP contribution in [0.3, 0.4) is 0 Å². The van der Waals surface area contributed by atoms with Crippen molar-refractivity contribution in [1.82, 2.24) is 5.32 Å². The van der Waals surface area contributed by atoms with Crippen LogP contribution in [0.5, 0.6) is 5.75 Å². The number of benzene rings is 1. The first-order chi connectivity index (χ1) is 7.81. The smallest absolute Gasteiger partial charge is 0.119 e. The average molecular weight is 221 g/mol. The van der Waals surface area contributed by atoms with Crippen molar-refractivity contribution < 1.29 is 4.74 Å². The highest BCUT2D eigenvalue weighted by atomic mass is 16.5. The Morgan fingerprint density at radius 3 is 2.69 bits per heavy atom. The van der Waals surface area contributed by atoms with Gasteiger partial charge in [0.15, 0.2) is 0 Å². The molecule has 0 amide bonds. The van der Waals surface area contributed by atoms with Crippen molar-refractivity contribution in [1.29, 1.82) is 0 Å². The number of rotatable bonds is 7. The van der Waals surface area contributed by atoms with Gasteiger partial charge in [0.25, 0.3) is 0 Å². The summed E-state index contributed by atoms with van der Waals surface area (Å²) in [7, 11) is 2.01. The molecule has 1 unspecified atom stereocenters. The molecule has 0 bridgehead atoms. The average Bonchev–Trinajstić information content (AvgIpc) is 2.33. The van der Waals surface area contributed by atoms with Gasteiger partial charge in [0.05, 0.1) is 6.61 Å². The highest BCUT2D eigenvalue weighted by molar-refractivity contribution is 5.30. The fourth-order valence-electron chi connectivity index (χ4n) is 1.81. The first kappa shape index (κ1) is 13.0. The van der Waals surface area contributed by atoms with Gasteiger partial charge in [0, 0.05) is 6.04 Å². The van der Waals surface area contributed by atoms with Crippen molar-refractivity contribution in [3.8, 4) is 5.75 Å². The number of nitrogens with one attached hydrogen (secondary N) is 1. The van der Waals surface area contributed by atoms with E-state index in [9.17, 15) is 0 Å². The molecule has 90 valence electrons. The molecule has 0 saturated carbocycles. The topological polar surface area (TPSA) is 21.3 Å². The van der Waals surface area contributed by atoms with E-state index >= 15 is 0 Å². The molecule has 1 rings (SSSR count). The summed E-state index contributed by atoms with van der Waals surface area (Å²) in [5, 5.41) is 3.35. The summed E-state index contributed by atoms with van der Waals surface area (Å²) in [4.78, 5) is 0. The van der Waals surface area contributed by atoms with Gasteiger partial charge in [-0.25, -0.2) is 0 Å². The fraction of sp³-hybridized carbons (Fsp3) is 0.571. The standard InChI is InChI=1S/C14H23NO/c1-4-7-14(15-3)12-8-6-9-13(11-12)16-10-5-2/h6,8-9,11,14-15H,4-5,7,10H2,1-3H3. The fourth-order valence-corrected chi connectivity index (χ4v) is 1.81. The minimum absolute atomic E-state index is 0.440. The molecule has 0 aliphatic carbocycles. The van der Waals surface area contributed by atoms with Crippen LogP contribution in [0.4, 0.5) is 0 Å². The second-order valence-corrected chi connectivity index (χ2v) is 4.05. The summed E-state index contributed by atoms with van der Waals surface area (Å²) in [6.45, 7) is 5.13. The third-order valence-corrected chi connectivity index (χ3v) is 2.66. The van der Waals surface area contributed by atoms with Gasteiger partial charge in [0.2, 0.25) is 0 Å². The van der Waals surface area contributed by atoms with E-state index < -0.39 is 0 Å². The van der Waals surface area contributed by atoms with E-state index in [1.54, 1.807) is 0 Å². The predicted molar refractivity (Wildman–Crippen MR) is 68.9 cm³/mol. The van der Waals surface area contributed by atoms with Crippen LogP contribution in [0.2, 0.25) is 0 Å². The van der Waals surface area contributed by atoms with Crippen LogP contribution in [-0.4, -0.2) is 13.7 Å². The Hall–Kier alpha value is -1.02. The quantitative estimate of drug-likeness (QED) is 0.760. The lowest BCUT2D eigenvalue weighted by molar-refractivity contribution is 0.316. The van der Waals surface area contributed by atoms with Crippen molar-refractivity contribution in [3.63, 3.8) is 0 Å². The Balaban J connectivity index is 2.71. The zero-order valence-electron chi connectivity index (χ0n) is 10.6. The maximum absolute atomic E-state index is 5.64. The molecule has 0 spiro atoms. The maximum Gasteiger partial charge on any atom is 0.119 e. The zero-order chi connectivity index (χ0) is 11.8. The Morgan fingerprint density at radius 2 is 2.06 bits per heavy atom. The van der Waals surface area contributed by atoms with Crippen LogP contribution in [0, 0.1) is 0 Å². The monoisotopic (exact) mass is 221 g/mol. The van der Waals surface area contributed by atoms with Gasteiger partial charge in [-0.2, -0.15) is 0 Å². The molecule has 0 heterocycles. The number of hydrogen-bond donors (Lipinski definition) is 1. The summed E-state index contributed by atoms with van der Waals surface area (Å²) >= 11 is 0. The van der Waals surface area contributed by atoms with Crippen LogP contribution in [-0.2, 0) is 0 Å². The van der Waals surface area contributed by atoms with Crippen molar-refractivity contribution in [3.05, 3.63) is 29.8 Å². The summed E-state index contributed by atoms with van der Waals surface area (Å²) < 4.78 is 5.64. The van der Waals surface area contributed by atoms with Crippen LogP contribution in [0.25, 0.3) is 0 Å². The van der Waals surface area contributed by atoms with E-state index in [2.05, 4.69) is 37.4 Å². The van der Waals surface area contributed by atoms with Crippen LogP contribution in [0.15, 0.2) is 24.3 Å². The van der Waals surface area contributed by atoms with E-state index in [1.807, 2.05) is 13.1 Å². The molecule has 1 aromatic carbocycles. The lowest BCUT2D eigenvalue weighted by atomic mass is 10.0. The molecule has 1 aromatic rings. The van der Waals surface area contributed by atoms with Crippen molar-refractivity contribution >= 4 is 0 Å². The highest BCUT2D eigenvalue weighted by Crippen LogP contribution is 2.22. The lowest BCUT2D eigenvalue weighted by Gasteiger charge is -2.16. The van der Waals surface area contributed by atoms with Crippen LogP contribution < -0.4 is 10.1 Å². The molecule has 16 heavy (non-hydrogen) atoms. The van der Waals surface area contributed by atoms with Crippen molar-refractivity contribution in [2.45, 2.75) is 39.2 Å². The molecular formula is C14H23NO. The molecule has 0 fully saturated rings. The van der Waals surface area contributed by atoms with Crippen molar-refractivity contribution in [2.24, 2.45) is 0 Å². The van der Waals surface area contributed by atoms with Gasteiger partial charge in [0.1, 0.15) is 5.75 Å². The Bertz CT molecular complexity index is 299. The third-order valence-electron chi connectivity index (χ3n) is 2.66. The van der Waals surface area contributed by atoms with E-state index in [0.717, 1.165) is 25.2 Å². The Morgan fingerprint density at radius 1 is 1.25 bits per heavy atom. The molecule has 2 nitrogen and oxygen atoms in total. The second kappa shape index (κ2) is 7.29. The molecule has 0 aliphatic rings. The van der Waals surface area contributed by atoms with E-state index in [0.29, 0.717) is 6.04 Å². The van der Waals surface area contributed by atoms with Crippen LogP contribution >= 0.6 is 0 Å².